The van der Waals surface area contributed by atoms with Gasteiger partial charge < -0.3 is 14.9 Å². The molecule has 5 heteroatoms. The van der Waals surface area contributed by atoms with E-state index in [4.69, 9.17) is 4.74 Å². The Bertz CT molecular complexity index is 1000. The summed E-state index contributed by atoms with van der Waals surface area (Å²) in [4.78, 5) is 23.9. The zero-order valence-electron chi connectivity index (χ0n) is 20.8. The zero-order valence-corrected chi connectivity index (χ0v) is 20.8. The van der Waals surface area contributed by atoms with E-state index in [0.29, 0.717) is 35.9 Å². The van der Waals surface area contributed by atoms with Crippen molar-refractivity contribution in [3.05, 3.63) is 28.3 Å². The second-order valence-electron chi connectivity index (χ2n) is 11.8. The first-order valence-corrected chi connectivity index (χ1v) is 12.3. The van der Waals surface area contributed by atoms with Gasteiger partial charge in [0, 0.05) is 11.5 Å². The highest BCUT2D eigenvalue weighted by molar-refractivity contribution is 5.95. The van der Waals surface area contributed by atoms with Crippen molar-refractivity contribution in [1.82, 2.24) is 0 Å². The van der Waals surface area contributed by atoms with Crippen molar-refractivity contribution < 1.29 is 24.5 Å². The summed E-state index contributed by atoms with van der Waals surface area (Å²) in [5.41, 5.74) is 1.28. The summed E-state index contributed by atoms with van der Waals surface area (Å²) in [5.74, 6) is 0.888. The highest BCUT2D eigenvalue weighted by Gasteiger charge is 2.66. The van der Waals surface area contributed by atoms with Crippen LogP contribution >= 0.6 is 0 Å². The second kappa shape index (κ2) is 8.18. The number of fused-ring (bicyclic) bond motifs is 4. The Labute approximate surface area is 197 Å². The molecule has 0 spiro atoms. The Hall–Kier alpha value is -2.30. The smallest absolute Gasteiger partial charge is 0.157 e. The summed E-state index contributed by atoms with van der Waals surface area (Å²) in [5, 5.41) is 21.8. The molecule has 0 saturated heterocycles. The lowest BCUT2D eigenvalue weighted by molar-refractivity contribution is -0.0348. The van der Waals surface area contributed by atoms with Crippen molar-refractivity contribution in [1.29, 1.82) is 0 Å². The van der Waals surface area contributed by atoms with Crippen molar-refractivity contribution in [2.75, 3.05) is 0 Å². The van der Waals surface area contributed by atoms with Crippen molar-refractivity contribution in [3.8, 4) is 17.2 Å². The average Bonchev–Trinajstić information content (AvgIpc) is 3.25. The van der Waals surface area contributed by atoms with E-state index in [1.54, 1.807) is 0 Å². The molecule has 3 aliphatic rings. The summed E-state index contributed by atoms with van der Waals surface area (Å²) in [6.07, 6.45) is 7.99. The van der Waals surface area contributed by atoms with Gasteiger partial charge >= 0.3 is 0 Å². The van der Waals surface area contributed by atoms with Crippen LogP contribution in [0.4, 0.5) is 0 Å². The third-order valence-electron chi connectivity index (χ3n) is 8.82. The van der Waals surface area contributed by atoms with Crippen LogP contribution in [0.1, 0.15) is 106 Å². The van der Waals surface area contributed by atoms with Gasteiger partial charge in [0.25, 0.3) is 0 Å². The first-order valence-electron chi connectivity index (χ1n) is 12.3. The molecule has 1 aromatic rings. The van der Waals surface area contributed by atoms with Gasteiger partial charge in [-0.1, -0.05) is 39.3 Å². The number of phenolic OH excluding ortho intramolecular Hbond substituents is 2. The monoisotopic (exact) mass is 454 g/mol. The predicted octanol–water partition coefficient (Wildman–Crippen LogP) is 6.41. The molecule has 0 unspecified atom stereocenters. The number of carbonyl (C=O) groups is 2. The van der Waals surface area contributed by atoms with Gasteiger partial charge in [-0.2, -0.15) is 0 Å². The van der Waals surface area contributed by atoms with E-state index < -0.39 is 11.4 Å². The minimum atomic E-state index is -0.559. The molecule has 0 aromatic heterocycles. The molecule has 0 bridgehead atoms. The summed E-state index contributed by atoms with van der Waals surface area (Å²) in [7, 11) is 0. The fraction of sp³-hybridized carbons (Fsp3) is 0.643. The molecule has 0 radical (unpaired) electrons. The van der Waals surface area contributed by atoms with Crippen molar-refractivity contribution in [2.24, 2.45) is 29.1 Å². The molecule has 1 saturated carbocycles. The summed E-state index contributed by atoms with van der Waals surface area (Å²) in [6.45, 7) is 13.3. The van der Waals surface area contributed by atoms with Gasteiger partial charge in [-0.05, 0) is 75.0 Å². The topological polar surface area (TPSA) is 83.8 Å². The molecule has 1 aromatic carbocycles. The number of ether oxygens (including phenoxy) is 1. The number of hydrogen-bond acceptors (Lipinski definition) is 5. The van der Waals surface area contributed by atoms with Crippen LogP contribution in [-0.2, 0) is 0 Å². The number of rotatable bonds is 4. The maximum atomic E-state index is 12.1. The molecule has 33 heavy (non-hydrogen) atoms. The number of benzene rings is 1. The van der Waals surface area contributed by atoms with Crippen molar-refractivity contribution in [3.63, 3.8) is 0 Å². The first kappa shape index (κ1) is 23.8. The molecule has 2 aliphatic carbocycles. The van der Waals surface area contributed by atoms with E-state index in [2.05, 4.69) is 47.6 Å². The van der Waals surface area contributed by atoms with Gasteiger partial charge in [-0.25, -0.2) is 0 Å². The molecule has 1 aliphatic heterocycles. The van der Waals surface area contributed by atoms with E-state index in [9.17, 15) is 19.8 Å². The molecular weight excluding hydrogens is 416 g/mol. The van der Waals surface area contributed by atoms with Gasteiger partial charge in [-0.3, -0.25) is 9.59 Å². The number of phenols is 2. The van der Waals surface area contributed by atoms with Crippen LogP contribution in [0.15, 0.2) is 11.6 Å². The lowest BCUT2D eigenvalue weighted by atomic mass is 9.64. The largest absolute Gasteiger partial charge is 0.507 e. The Morgan fingerprint density at radius 3 is 2.36 bits per heavy atom. The molecule has 0 amide bonds. The van der Waals surface area contributed by atoms with Gasteiger partial charge in [0.2, 0.25) is 0 Å². The van der Waals surface area contributed by atoms with Gasteiger partial charge in [-0.15, -0.1) is 0 Å². The van der Waals surface area contributed by atoms with E-state index in [1.165, 1.54) is 5.57 Å². The molecule has 180 valence electrons. The standard InChI is InChI=1S/C28H38O5/c1-15(2)12-17-21-25(32)18(13-29)24(31)19(14-30)26(21)33-28(6)11-7-8-16(3)9-10-20-23(22(17)28)27(20,4)5/h8,13-15,17,20,22-23,31-32H,7,9-12H2,1-6H3/t17-,20-,22-,23+,28-/m0/s1. The minimum absolute atomic E-state index is 0.0336. The molecule has 5 nitrogen and oxygen atoms in total. The number of allylic oxidation sites excluding steroid dienone is 2. The second-order valence-corrected chi connectivity index (χ2v) is 11.8. The summed E-state index contributed by atoms with van der Waals surface area (Å²) < 4.78 is 6.68. The highest BCUT2D eigenvalue weighted by Crippen LogP contribution is 2.71. The van der Waals surface area contributed by atoms with Crippen LogP contribution in [0.5, 0.6) is 17.2 Å². The third kappa shape index (κ3) is 3.68. The quantitative estimate of drug-likeness (QED) is 0.405. The number of aromatic hydroxyl groups is 2. The molecule has 1 heterocycles. The van der Waals surface area contributed by atoms with Crippen molar-refractivity contribution in [2.45, 2.75) is 85.2 Å². The van der Waals surface area contributed by atoms with Gasteiger partial charge in [0.15, 0.2) is 12.6 Å². The highest BCUT2D eigenvalue weighted by atomic mass is 16.5. The minimum Gasteiger partial charge on any atom is -0.507 e. The molecule has 4 rings (SSSR count). The number of hydrogen-bond donors (Lipinski definition) is 2. The Kier molecular flexibility index (Phi) is 5.91. The fourth-order valence-corrected chi connectivity index (χ4v) is 7.11. The van der Waals surface area contributed by atoms with E-state index in [1.807, 2.05) is 0 Å². The zero-order chi connectivity index (χ0) is 24.3. The molecule has 2 N–H and O–H groups in total. The van der Waals surface area contributed by atoms with Crippen LogP contribution in [0, 0.1) is 29.1 Å². The van der Waals surface area contributed by atoms with E-state index >= 15 is 0 Å². The van der Waals surface area contributed by atoms with Crippen LogP contribution in [-0.4, -0.2) is 28.4 Å². The normalized spacial score (nSPS) is 32.5. The van der Waals surface area contributed by atoms with Gasteiger partial charge in [0.05, 0.1) is 11.1 Å². The average molecular weight is 455 g/mol. The van der Waals surface area contributed by atoms with Crippen LogP contribution in [0.2, 0.25) is 0 Å². The van der Waals surface area contributed by atoms with Crippen LogP contribution < -0.4 is 4.74 Å². The fourth-order valence-electron chi connectivity index (χ4n) is 7.11. The summed E-state index contributed by atoms with van der Waals surface area (Å²) >= 11 is 0. The Balaban J connectivity index is 1.98. The first-order chi connectivity index (χ1) is 15.5. The van der Waals surface area contributed by atoms with Gasteiger partial charge in [0.1, 0.15) is 22.8 Å². The van der Waals surface area contributed by atoms with Crippen LogP contribution in [0.25, 0.3) is 0 Å². The lowest BCUT2D eigenvalue weighted by Gasteiger charge is -2.49. The predicted molar refractivity (Wildman–Crippen MR) is 128 cm³/mol. The molecule has 5 atom stereocenters. The maximum absolute atomic E-state index is 12.1. The SMILES string of the molecule is CC1=CCC[C@]2(C)Oc3c(C=O)c(O)c(C=O)c(O)c3[C@H](CC(C)C)[C@H]2[C@H]2[C@H](CC1)C2(C)C. The molecule has 1 fully saturated rings. The Morgan fingerprint density at radius 2 is 1.76 bits per heavy atom. The van der Waals surface area contributed by atoms with Crippen molar-refractivity contribution >= 4 is 12.6 Å². The number of aldehydes is 2. The van der Waals surface area contributed by atoms with E-state index in [0.717, 1.165) is 32.1 Å². The Morgan fingerprint density at radius 1 is 1.09 bits per heavy atom. The number of carbonyl (C=O) groups excluding carboxylic acids is 2. The maximum Gasteiger partial charge on any atom is 0.157 e. The molecular formula is C28H38O5. The lowest BCUT2D eigenvalue weighted by Crippen LogP contribution is -2.49. The van der Waals surface area contributed by atoms with E-state index in [-0.39, 0.29) is 39.9 Å². The summed E-state index contributed by atoms with van der Waals surface area (Å²) in [6, 6.07) is 0. The third-order valence-corrected chi connectivity index (χ3v) is 8.82. The van der Waals surface area contributed by atoms with Crippen LogP contribution in [0.3, 0.4) is 0 Å².